The van der Waals surface area contributed by atoms with Crippen LogP contribution >= 0.6 is 11.8 Å². The molecule has 10 heteroatoms. The number of nitrogens with one attached hydrogen (secondary N) is 1. The Morgan fingerprint density at radius 3 is 2.54 bits per heavy atom. The lowest BCUT2D eigenvalue weighted by Gasteiger charge is -2.11. The standard InChI is InChI=1S/C18H11N3O6S/c1-26-15-7-10(8-16-17(22)20-18(23)28-16)2-5-14(15)27-13-4-3-11(9-19)6-12(13)21(24)25/h2-8H,1H3,(H,20,22,23)/b16-8-. The number of rotatable bonds is 5. The number of benzene rings is 2. The van der Waals surface area contributed by atoms with E-state index in [4.69, 9.17) is 14.7 Å². The molecule has 0 radical (unpaired) electrons. The van der Waals surface area contributed by atoms with Gasteiger partial charge in [0.05, 0.1) is 28.6 Å². The van der Waals surface area contributed by atoms with E-state index in [2.05, 4.69) is 5.32 Å². The van der Waals surface area contributed by atoms with E-state index in [1.165, 1.54) is 31.4 Å². The molecule has 1 aliphatic rings. The van der Waals surface area contributed by atoms with Gasteiger partial charge >= 0.3 is 5.69 Å². The SMILES string of the molecule is COc1cc(/C=C2\SC(=O)NC2=O)ccc1Oc1ccc(C#N)cc1[N+](=O)[O-]. The number of nitro groups is 1. The smallest absolute Gasteiger partial charge is 0.312 e. The third kappa shape index (κ3) is 3.94. The third-order valence-electron chi connectivity index (χ3n) is 3.63. The van der Waals surface area contributed by atoms with Crippen molar-refractivity contribution in [1.29, 1.82) is 5.26 Å². The fourth-order valence-corrected chi connectivity index (χ4v) is 3.05. The van der Waals surface area contributed by atoms with Crippen molar-refractivity contribution < 1.29 is 24.0 Å². The molecule has 2 amide bonds. The summed E-state index contributed by atoms with van der Waals surface area (Å²) in [6.07, 6.45) is 1.52. The topological polar surface area (TPSA) is 132 Å². The second-order valence-electron chi connectivity index (χ2n) is 5.42. The molecular weight excluding hydrogens is 386 g/mol. The van der Waals surface area contributed by atoms with Gasteiger partial charge in [0.15, 0.2) is 11.5 Å². The van der Waals surface area contributed by atoms with Crippen molar-refractivity contribution in [2.45, 2.75) is 0 Å². The minimum atomic E-state index is -0.644. The van der Waals surface area contributed by atoms with Crippen molar-refractivity contribution in [3.8, 4) is 23.3 Å². The first-order valence-electron chi connectivity index (χ1n) is 7.70. The highest BCUT2D eigenvalue weighted by Gasteiger charge is 2.25. The Kier molecular flexibility index (Phi) is 5.28. The average molecular weight is 397 g/mol. The number of nitro benzene ring substituents is 1. The normalized spacial score (nSPS) is 14.5. The highest BCUT2D eigenvalue weighted by Crippen LogP contribution is 2.38. The van der Waals surface area contributed by atoms with E-state index in [0.717, 1.165) is 17.8 Å². The number of imide groups is 1. The first kappa shape index (κ1) is 18.9. The summed E-state index contributed by atoms with van der Waals surface area (Å²) in [5, 5.41) is 21.9. The number of methoxy groups -OCH3 is 1. The van der Waals surface area contributed by atoms with E-state index < -0.39 is 16.1 Å². The molecule has 28 heavy (non-hydrogen) atoms. The molecule has 1 heterocycles. The summed E-state index contributed by atoms with van der Waals surface area (Å²) in [6, 6.07) is 10.4. The number of carbonyl (C=O) groups excluding carboxylic acids is 2. The summed E-state index contributed by atoms with van der Waals surface area (Å²) in [6.45, 7) is 0. The van der Waals surface area contributed by atoms with E-state index >= 15 is 0 Å². The van der Waals surface area contributed by atoms with Crippen molar-refractivity contribution in [3.63, 3.8) is 0 Å². The van der Waals surface area contributed by atoms with Gasteiger partial charge in [-0.05, 0) is 47.7 Å². The molecule has 2 aromatic carbocycles. The first-order chi connectivity index (χ1) is 13.4. The highest BCUT2D eigenvalue weighted by atomic mass is 32.2. The molecule has 1 saturated heterocycles. The summed E-state index contributed by atoms with van der Waals surface area (Å²) >= 11 is 0.786. The monoisotopic (exact) mass is 397 g/mol. The second-order valence-corrected chi connectivity index (χ2v) is 6.43. The van der Waals surface area contributed by atoms with Gasteiger partial charge < -0.3 is 9.47 Å². The molecule has 1 N–H and O–H groups in total. The van der Waals surface area contributed by atoms with Crippen LogP contribution < -0.4 is 14.8 Å². The number of nitriles is 1. The van der Waals surface area contributed by atoms with E-state index in [-0.39, 0.29) is 33.4 Å². The van der Waals surface area contributed by atoms with Gasteiger partial charge in [-0.3, -0.25) is 25.0 Å². The zero-order chi connectivity index (χ0) is 20.3. The van der Waals surface area contributed by atoms with Crippen LogP contribution in [0.25, 0.3) is 6.08 Å². The molecule has 1 aliphatic heterocycles. The lowest BCUT2D eigenvalue weighted by molar-refractivity contribution is -0.385. The molecule has 140 valence electrons. The molecule has 1 fully saturated rings. The molecule has 0 unspecified atom stereocenters. The summed E-state index contributed by atoms with van der Waals surface area (Å²) in [5.41, 5.74) is 0.352. The Hall–Kier alpha value is -3.84. The lowest BCUT2D eigenvalue weighted by Crippen LogP contribution is -2.17. The van der Waals surface area contributed by atoms with Gasteiger partial charge in [-0.2, -0.15) is 5.26 Å². The number of ether oxygens (including phenoxy) is 2. The molecule has 9 nitrogen and oxygen atoms in total. The number of thioether (sulfide) groups is 1. The fourth-order valence-electron chi connectivity index (χ4n) is 2.37. The molecule has 0 atom stereocenters. The Morgan fingerprint density at radius 1 is 1.18 bits per heavy atom. The van der Waals surface area contributed by atoms with E-state index in [0.29, 0.717) is 5.56 Å². The van der Waals surface area contributed by atoms with Crippen LogP contribution in [0.3, 0.4) is 0 Å². The molecule has 0 spiro atoms. The maximum Gasteiger partial charge on any atom is 0.312 e. The first-order valence-corrected chi connectivity index (χ1v) is 8.52. The van der Waals surface area contributed by atoms with Crippen LogP contribution in [0, 0.1) is 21.4 Å². The van der Waals surface area contributed by atoms with Crippen molar-refractivity contribution in [2.75, 3.05) is 7.11 Å². The van der Waals surface area contributed by atoms with Gasteiger partial charge in [0.1, 0.15) is 0 Å². The Balaban J connectivity index is 1.93. The van der Waals surface area contributed by atoms with E-state index in [1.54, 1.807) is 12.1 Å². The number of carbonyl (C=O) groups is 2. The number of hydrogen-bond donors (Lipinski definition) is 1. The van der Waals surface area contributed by atoms with E-state index in [9.17, 15) is 19.7 Å². The van der Waals surface area contributed by atoms with Gasteiger partial charge in [-0.15, -0.1) is 0 Å². The minimum Gasteiger partial charge on any atom is -0.493 e. The van der Waals surface area contributed by atoms with Crippen molar-refractivity contribution in [1.82, 2.24) is 5.32 Å². The van der Waals surface area contributed by atoms with Gasteiger partial charge in [-0.25, -0.2) is 0 Å². The van der Waals surface area contributed by atoms with Crippen LogP contribution in [0.15, 0.2) is 41.3 Å². The number of hydrogen-bond acceptors (Lipinski definition) is 8. The van der Waals surface area contributed by atoms with Crippen LogP contribution in [-0.4, -0.2) is 23.2 Å². The van der Waals surface area contributed by atoms with Crippen LogP contribution in [0.4, 0.5) is 10.5 Å². The van der Waals surface area contributed by atoms with Crippen LogP contribution in [0.2, 0.25) is 0 Å². The molecule has 0 aliphatic carbocycles. The molecule has 0 bridgehead atoms. The van der Waals surface area contributed by atoms with Crippen molar-refractivity contribution >= 4 is 34.7 Å². The summed E-state index contributed by atoms with van der Waals surface area (Å²) in [5.74, 6) is -0.0629. The summed E-state index contributed by atoms with van der Waals surface area (Å²) < 4.78 is 10.9. The predicted molar refractivity (Wildman–Crippen MR) is 100.0 cm³/mol. The van der Waals surface area contributed by atoms with Crippen LogP contribution in [0.5, 0.6) is 17.2 Å². The van der Waals surface area contributed by atoms with Gasteiger partial charge in [-0.1, -0.05) is 6.07 Å². The summed E-state index contributed by atoms with van der Waals surface area (Å²) in [4.78, 5) is 33.7. The van der Waals surface area contributed by atoms with Gasteiger partial charge in [0.25, 0.3) is 11.1 Å². The van der Waals surface area contributed by atoms with Crippen molar-refractivity contribution in [3.05, 3.63) is 62.5 Å². The highest BCUT2D eigenvalue weighted by molar-refractivity contribution is 8.18. The zero-order valence-electron chi connectivity index (χ0n) is 14.3. The molecule has 2 aromatic rings. The molecule has 3 rings (SSSR count). The fraction of sp³-hybridized carbons (Fsp3) is 0.0556. The maximum atomic E-state index is 11.6. The quantitative estimate of drug-likeness (QED) is 0.460. The Morgan fingerprint density at radius 2 is 1.93 bits per heavy atom. The largest absolute Gasteiger partial charge is 0.493 e. The number of amides is 2. The molecule has 0 saturated carbocycles. The predicted octanol–water partition coefficient (Wildman–Crippen LogP) is 3.59. The second kappa shape index (κ2) is 7.81. The van der Waals surface area contributed by atoms with E-state index in [1.807, 2.05) is 6.07 Å². The van der Waals surface area contributed by atoms with Gasteiger partial charge in [0, 0.05) is 6.07 Å². The minimum absolute atomic E-state index is 0.0512. The average Bonchev–Trinajstić information content (AvgIpc) is 2.99. The van der Waals surface area contributed by atoms with Crippen LogP contribution in [-0.2, 0) is 4.79 Å². The Bertz CT molecular complexity index is 1070. The maximum absolute atomic E-state index is 11.6. The summed E-state index contributed by atoms with van der Waals surface area (Å²) in [7, 11) is 1.40. The van der Waals surface area contributed by atoms with Crippen molar-refractivity contribution in [2.24, 2.45) is 0 Å². The van der Waals surface area contributed by atoms with Gasteiger partial charge in [0.2, 0.25) is 5.75 Å². The Labute approximate surface area is 162 Å². The third-order valence-corrected chi connectivity index (χ3v) is 4.44. The number of nitrogens with zero attached hydrogens (tertiary/aromatic N) is 2. The molecular formula is C18H11N3O6S. The zero-order valence-corrected chi connectivity index (χ0v) is 15.1. The van der Waals surface area contributed by atoms with Crippen LogP contribution in [0.1, 0.15) is 11.1 Å². The lowest BCUT2D eigenvalue weighted by atomic mass is 10.1. The molecule has 0 aromatic heterocycles.